The number of benzene rings is 3. The smallest absolute Gasteiger partial charge is 0.251 e. The second-order valence-corrected chi connectivity index (χ2v) is 8.76. The lowest BCUT2D eigenvalue weighted by Crippen LogP contribution is -2.32. The molecule has 0 aromatic heterocycles. The molecule has 1 aliphatic heterocycles. The van der Waals surface area contributed by atoms with E-state index in [-0.39, 0.29) is 11.9 Å². The van der Waals surface area contributed by atoms with E-state index >= 15 is 0 Å². The van der Waals surface area contributed by atoms with Crippen molar-refractivity contribution < 1.29 is 9.53 Å². The van der Waals surface area contributed by atoms with Gasteiger partial charge in [-0.25, -0.2) is 0 Å². The average molecular weight is 429 g/mol. The van der Waals surface area contributed by atoms with Crippen LogP contribution in [0.5, 0.6) is 5.75 Å². The minimum atomic E-state index is -0.100. The lowest BCUT2D eigenvalue weighted by atomic mass is 9.98. The zero-order valence-electron chi connectivity index (χ0n) is 19.0. The number of carbonyl (C=O) groups is 1. The third-order valence-electron chi connectivity index (χ3n) is 6.23. The summed E-state index contributed by atoms with van der Waals surface area (Å²) >= 11 is 0. The standard InChI is InChI=1S/C28H32N2O2/c1-21-15-17-30(18-16-21)26-13-11-24(12-14-26)22(2)29-28(31)25-9-6-10-27(19-25)32-20-23-7-4-3-5-8-23/h3-14,19,21-22H,15-18,20H2,1-2H3,(H,29,31)/t22-/m1/s1. The SMILES string of the molecule is CC1CCN(c2ccc([C@@H](C)NC(=O)c3cccc(OCc4ccccc4)c3)cc2)CC1. The molecule has 0 saturated carbocycles. The summed E-state index contributed by atoms with van der Waals surface area (Å²) in [6.45, 7) is 7.07. The molecule has 1 N–H and O–H groups in total. The van der Waals surface area contributed by atoms with E-state index in [1.807, 2.05) is 55.5 Å². The molecule has 1 fully saturated rings. The van der Waals surface area contributed by atoms with Crippen molar-refractivity contribution >= 4 is 11.6 Å². The summed E-state index contributed by atoms with van der Waals surface area (Å²) in [6.07, 6.45) is 2.50. The van der Waals surface area contributed by atoms with Crippen LogP contribution in [0.25, 0.3) is 0 Å². The van der Waals surface area contributed by atoms with Crippen LogP contribution in [0.4, 0.5) is 5.69 Å². The van der Waals surface area contributed by atoms with Gasteiger partial charge in [0.1, 0.15) is 12.4 Å². The molecule has 0 spiro atoms. The second-order valence-electron chi connectivity index (χ2n) is 8.76. The van der Waals surface area contributed by atoms with Gasteiger partial charge in [0.2, 0.25) is 0 Å². The maximum absolute atomic E-state index is 12.8. The molecule has 0 aliphatic carbocycles. The van der Waals surface area contributed by atoms with Gasteiger partial charge in [0.25, 0.3) is 5.91 Å². The van der Waals surface area contributed by atoms with Crippen molar-refractivity contribution in [1.29, 1.82) is 0 Å². The number of nitrogens with one attached hydrogen (secondary N) is 1. The first-order chi connectivity index (χ1) is 15.6. The van der Waals surface area contributed by atoms with Gasteiger partial charge < -0.3 is 15.0 Å². The third-order valence-corrected chi connectivity index (χ3v) is 6.23. The highest BCUT2D eigenvalue weighted by Crippen LogP contribution is 2.25. The highest BCUT2D eigenvalue weighted by atomic mass is 16.5. The van der Waals surface area contributed by atoms with Gasteiger partial charge in [-0.15, -0.1) is 0 Å². The Bertz CT molecular complexity index is 1010. The largest absolute Gasteiger partial charge is 0.489 e. The molecule has 1 amide bonds. The predicted molar refractivity (Wildman–Crippen MR) is 130 cm³/mol. The number of amides is 1. The molecule has 3 aromatic rings. The number of rotatable bonds is 7. The summed E-state index contributed by atoms with van der Waals surface area (Å²) < 4.78 is 5.87. The molecule has 1 atom stereocenters. The summed E-state index contributed by atoms with van der Waals surface area (Å²) in [5, 5.41) is 3.11. The summed E-state index contributed by atoms with van der Waals surface area (Å²) in [5.41, 5.74) is 4.06. The first-order valence-corrected chi connectivity index (χ1v) is 11.5. The lowest BCUT2D eigenvalue weighted by molar-refractivity contribution is 0.0939. The molecule has 0 unspecified atom stereocenters. The molecule has 0 radical (unpaired) electrons. The minimum Gasteiger partial charge on any atom is -0.489 e. The van der Waals surface area contributed by atoms with Crippen LogP contribution in [0.3, 0.4) is 0 Å². The third kappa shape index (κ3) is 5.70. The van der Waals surface area contributed by atoms with Gasteiger partial charge in [-0.2, -0.15) is 0 Å². The van der Waals surface area contributed by atoms with Crippen LogP contribution in [0.1, 0.15) is 54.2 Å². The Balaban J connectivity index is 1.34. The van der Waals surface area contributed by atoms with Gasteiger partial charge in [0.05, 0.1) is 6.04 Å². The fourth-order valence-electron chi connectivity index (χ4n) is 4.07. The van der Waals surface area contributed by atoms with Crippen LogP contribution in [0, 0.1) is 5.92 Å². The number of hydrogen-bond acceptors (Lipinski definition) is 3. The molecule has 4 rings (SSSR count). The van der Waals surface area contributed by atoms with E-state index < -0.39 is 0 Å². The van der Waals surface area contributed by atoms with E-state index in [9.17, 15) is 4.79 Å². The average Bonchev–Trinajstić information content (AvgIpc) is 2.84. The molecule has 166 valence electrons. The van der Waals surface area contributed by atoms with Crippen molar-refractivity contribution in [2.75, 3.05) is 18.0 Å². The summed E-state index contributed by atoms with van der Waals surface area (Å²) in [6, 6.07) is 25.9. The van der Waals surface area contributed by atoms with Gasteiger partial charge in [0.15, 0.2) is 0 Å². The fourth-order valence-corrected chi connectivity index (χ4v) is 4.07. The molecule has 3 aromatic carbocycles. The van der Waals surface area contributed by atoms with E-state index in [1.165, 1.54) is 18.5 Å². The minimum absolute atomic E-state index is 0.0770. The van der Waals surface area contributed by atoms with Gasteiger partial charge >= 0.3 is 0 Å². The predicted octanol–water partition coefficient (Wildman–Crippen LogP) is 5.99. The van der Waals surface area contributed by atoms with Crippen LogP contribution in [-0.2, 0) is 6.61 Å². The zero-order valence-corrected chi connectivity index (χ0v) is 19.0. The van der Waals surface area contributed by atoms with E-state index in [2.05, 4.69) is 41.4 Å². The molecule has 4 nitrogen and oxygen atoms in total. The number of hydrogen-bond donors (Lipinski definition) is 1. The summed E-state index contributed by atoms with van der Waals surface area (Å²) in [5.74, 6) is 1.41. The Labute approximate surface area is 191 Å². The Morgan fingerprint density at radius 3 is 2.44 bits per heavy atom. The van der Waals surface area contributed by atoms with Gasteiger partial charge in [-0.3, -0.25) is 4.79 Å². The van der Waals surface area contributed by atoms with Gasteiger partial charge in [-0.05, 0) is 67.1 Å². The molecule has 1 aliphatic rings. The maximum Gasteiger partial charge on any atom is 0.251 e. The van der Waals surface area contributed by atoms with Crippen molar-refractivity contribution in [1.82, 2.24) is 5.32 Å². The normalized spacial score (nSPS) is 15.2. The fraction of sp³-hybridized carbons (Fsp3) is 0.321. The number of carbonyl (C=O) groups excluding carboxylic acids is 1. The molecule has 4 heteroatoms. The van der Waals surface area contributed by atoms with Crippen LogP contribution in [0.2, 0.25) is 0 Å². The van der Waals surface area contributed by atoms with E-state index in [0.29, 0.717) is 17.9 Å². The van der Waals surface area contributed by atoms with Crippen molar-refractivity contribution in [2.45, 2.75) is 39.3 Å². The topological polar surface area (TPSA) is 41.6 Å². The van der Waals surface area contributed by atoms with Crippen LogP contribution in [0.15, 0.2) is 78.9 Å². The highest BCUT2D eigenvalue weighted by Gasteiger charge is 2.17. The number of anilines is 1. The van der Waals surface area contributed by atoms with Crippen molar-refractivity contribution in [3.63, 3.8) is 0 Å². The van der Waals surface area contributed by atoms with Crippen LogP contribution in [-0.4, -0.2) is 19.0 Å². The lowest BCUT2D eigenvalue weighted by Gasteiger charge is -2.32. The first kappa shape index (κ1) is 21.9. The molecule has 32 heavy (non-hydrogen) atoms. The van der Waals surface area contributed by atoms with Gasteiger partial charge in [-0.1, -0.05) is 55.5 Å². The number of nitrogens with zero attached hydrogens (tertiary/aromatic N) is 1. The van der Waals surface area contributed by atoms with Crippen LogP contribution >= 0.6 is 0 Å². The van der Waals surface area contributed by atoms with Crippen molar-refractivity contribution in [3.8, 4) is 5.75 Å². The Kier molecular flexibility index (Phi) is 7.10. The van der Waals surface area contributed by atoms with Crippen LogP contribution < -0.4 is 15.0 Å². The second kappa shape index (κ2) is 10.4. The quantitative estimate of drug-likeness (QED) is 0.502. The monoisotopic (exact) mass is 428 g/mol. The van der Waals surface area contributed by atoms with E-state index in [1.54, 1.807) is 6.07 Å². The molecular formula is C28H32N2O2. The van der Waals surface area contributed by atoms with E-state index in [0.717, 1.165) is 30.1 Å². The van der Waals surface area contributed by atoms with Crippen molar-refractivity contribution in [3.05, 3.63) is 95.6 Å². The van der Waals surface area contributed by atoms with Crippen molar-refractivity contribution in [2.24, 2.45) is 5.92 Å². The molecular weight excluding hydrogens is 396 g/mol. The molecule has 0 bridgehead atoms. The number of ether oxygens (including phenoxy) is 1. The van der Waals surface area contributed by atoms with Gasteiger partial charge in [0, 0.05) is 24.3 Å². The summed E-state index contributed by atoms with van der Waals surface area (Å²) in [7, 11) is 0. The molecule has 1 saturated heterocycles. The molecule has 1 heterocycles. The Morgan fingerprint density at radius 2 is 1.72 bits per heavy atom. The maximum atomic E-state index is 12.8. The first-order valence-electron chi connectivity index (χ1n) is 11.5. The Morgan fingerprint density at radius 1 is 1.00 bits per heavy atom. The number of piperidine rings is 1. The zero-order chi connectivity index (χ0) is 22.3. The van der Waals surface area contributed by atoms with E-state index in [4.69, 9.17) is 4.74 Å². The summed E-state index contributed by atoms with van der Waals surface area (Å²) in [4.78, 5) is 15.3. The Hall–Kier alpha value is -3.27. The highest BCUT2D eigenvalue weighted by molar-refractivity contribution is 5.94.